The van der Waals surface area contributed by atoms with Crippen LogP contribution in [0.5, 0.6) is 11.5 Å². The molecule has 1 atom stereocenters. The van der Waals surface area contributed by atoms with Gasteiger partial charge in [-0.1, -0.05) is 13.0 Å². The van der Waals surface area contributed by atoms with Gasteiger partial charge in [0.25, 0.3) is 0 Å². The molecule has 1 heterocycles. The fraction of sp³-hybridized carbons (Fsp3) is 0.455. The molecule has 15 heavy (non-hydrogen) atoms. The van der Waals surface area contributed by atoms with Crippen LogP contribution in [0, 0.1) is 0 Å². The van der Waals surface area contributed by atoms with E-state index in [9.17, 15) is 0 Å². The Kier molecular flexibility index (Phi) is 2.61. The zero-order chi connectivity index (χ0) is 10.9. The Hall–Kier alpha value is -1.16. The molecule has 0 aliphatic carbocycles. The van der Waals surface area contributed by atoms with E-state index >= 15 is 0 Å². The fourth-order valence-corrected chi connectivity index (χ4v) is 1.56. The molecule has 78 valence electrons. The Morgan fingerprint density at radius 1 is 1.40 bits per heavy atom. The van der Waals surface area contributed by atoms with E-state index < -0.39 is 5.44 Å². The number of nitrogens with one attached hydrogen (secondary N) is 1. The first-order valence-electron chi connectivity index (χ1n) is 4.97. The van der Waals surface area contributed by atoms with Gasteiger partial charge in [0.2, 0.25) is 6.79 Å². The maximum atomic E-state index is 6.01. The topological polar surface area (TPSA) is 30.5 Å². The Balaban J connectivity index is 2.17. The molecule has 0 spiro atoms. The van der Waals surface area contributed by atoms with E-state index in [1.165, 1.54) is 0 Å². The molecule has 1 aliphatic rings. The lowest BCUT2D eigenvalue weighted by Crippen LogP contribution is -2.42. The van der Waals surface area contributed by atoms with Crippen LogP contribution in [0.25, 0.3) is 0 Å². The van der Waals surface area contributed by atoms with Crippen LogP contribution in [0.15, 0.2) is 18.2 Å². The number of hydrogen-bond donors (Lipinski definition) is 1. The number of likely N-dealkylation sites (N-methyl/N-ethyl adjacent to an activating group) is 1. The van der Waals surface area contributed by atoms with Gasteiger partial charge >= 0.3 is 0 Å². The van der Waals surface area contributed by atoms with Crippen molar-refractivity contribution in [3.63, 3.8) is 0 Å². The highest BCUT2D eigenvalue weighted by atomic mass is 16.7. The Morgan fingerprint density at radius 2 is 2.13 bits per heavy atom. The first kappa shape index (κ1) is 10.4. The van der Waals surface area contributed by atoms with Crippen molar-refractivity contribution < 1.29 is 9.47 Å². The van der Waals surface area contributed by atoms with Crippen LogP contribution in [-0.2, 0) is 6.42 Å². The van der Waals surface area contributed by atoms with Crippen molar-refractivity contribution in [3.8, 4) is 11.5 Å². The summed E-state index contributed by atoms with van der Waals surface area (Å²) in [5, 5.41) is 3.06. The number of ether oxygens (including phenoxy) is 2. The summed E-state index contributed by atoms with van der Waals surface area (Å²) in [6.45, 7) is 2.27. The standard InChI is InChI=1S/C11H14BNO2/c1-11(12,13-2)6-8-3-4-9-10(5-8)15-7-14-9/h3-5,13H,6-7H2,1-2H3. The Morgan fingerprint density at radius 3 is 2.87 bits per heavy atom. The summed E-state index contributed by atoms with van der Waals surface area (Å²) in [5.41, 5.74) is 0.742. The summed E-state index contributed by atoms with van der Waals surface area (Å²) < 4.78 is 10.5. The summed E-state index contributed by atoms with van der Waals surface area (Å²) in [5.74, 6) is 1.61. The summed E-state index contributed by atoms with van der Waals surface area (Å²) >= 11 is 0. The lowest BCUT2D eigenvalue weighted by molar-refractivity contribution is 0.174. The molecule has 1 N–H and O–H groups in total. The first-order chi connectivity index (χ1) is 7.11. The summed E-state index contributed by atoms with van der Waals surface area (Å²) in [7, 11) is 7.86. The monoisotopic (exact) mass is 203 g/mol. The van der Waals surface area contributed by atoms with Crippen molar-refractivity contribution in [2.75, 3.05) is 13.8 Å². The van der Waals surface area contributed by atoms with Gasteiger partial charge in [0, 0.05) is 0 Å². The van der Waals surface area contributed by atoms with Gasteiger partial charge in [-0.05, 0) is 36.6 Å². The predicted octanol–water partition coefficient (Wildman–Crippen LogP) is 1.06. The van der Waals surface area contributed by atoms with Crippen molar-refractivity contribution in [2.24, 2.45) is 0 Å². The molecule has 3 nitrogen and oxygen atoms in total. The average molecular weight is 203 g/mol. The number of hydrogen-bond acceptors (Lipinski definition) is 3. The number of fused-ring (bicyclic) bond motifs is 1. The number of benzene rings is 1. The van der Waals surface area contributed by atoms with Gasteiger partial charge in [0.1, 0.15) is 0 Å². The summed E-state index contributed by atoms with van der Waals surface area (Å²) in [6, 6.07) is 5.91. The van der Waals surface area contributed by atoms with E-state index in [2.05, 4.69) is 5.32 Å². The first-order valence-corrected chi connectivity index (χ1v) is 4.97. The third-order valence-electron chi connectivity index (χ3n) is 2.58. The highest BCUT2D eigenvalue weighted by Gasteiger charge is 2.18. The molecule has 0 amide bonds. The molecular weight excluding hydrogens is 189 g/mol. The minimum absolute atomic E-state index is 0.310. The smallest absolute Gasteiger partial charge is 0.231 e. The third kappa shape index (κ3) is 2.26. The lowest BCUT2D eigenvalue weighted by atomic mass is 9.75. The SMILES string of the molecule is [B]C(C)(Cc1ccc2c(c1)OCO2)NC. The minimum atomic E-state index is -0.395. The molecule has 2 radical (unpaired) electrons. The molecule has 0 saturated heterocycles. The normalized spacial score (nSPS) is 17.5. The Bertz CT molecular complexity index is 366. The second-order valence-corrected chi connectivity index (χ2v) is 4.03. The molecule has 1 unspecified atom stereocenters. The van der Waals surface area contributed by atoms with Crippen molar-refractivity contribution in [1.29, 1.82) is 0 Å². The number of rotatable bonds is 3. The average Bonchev–Trinajstić information content (AvgIpc) is 2.64. The van der Waals surface area contributed by atoms with Crippen LogP contribution in [0.4, 0.5) is 0 Å². The molecule has 0 bridgehead atoms. The van der Waals surface area contributed by atoms with Gasteiger partial charge < -0.3 is 14.8 Å². The predicted molar refractivity (Wildman–Crippen MR) is 59.5 cm³/mol. The van der Waals surface area contributed by atoms with Gasteiger partial charge in [0.15, 0.2) is 11.5 Å². The van der Waals surface area contributed by atoms with Crippen LogP contribution in [0.1, 0.15) is 12.5 Å². The molecule has 0 aromatic heterocycles. The second-order valence-electron chi connectivity index (χ2n) is 4.03. The molecular formula is C11H14BNO2. The maximum Gasteiger partial charge on any atom is 0.231 e. The molecule has 1 aromatic rings. The maximum absolute atomic E-state index is 6.01. The molecule has 2 rings (SSSR count). The van der Waals surface area contributed by atoms with Crippen molar-refractivity contribution in [1.82, 2.24) is 5.32 Å². The van der Waals surface area contributed by atoms with E-state index in [0.29, 0.717) is 6.79 Å². The van der Waals surface area contributed by atoms with Crippen LogP contribution >= 0.6 is 0 Å². The highest BCUT2D eigenvalue weighted by molar-refractivity contribution is 6.15. The van der Waals surface area contributed by atoms with Crippen molar-refractivity contribution in [2.45, 2.75) is 18.8 Å². The van der Waals surface area contributed by atoms with E-state index in [1.807, 2.05) is 32.2 Å². The highest BCUT2D eigenvalue weighted by Crippen LogP contribution is 2.33. The van der Waals surface area contributed by atoms with Gasteiger partial charge in [-0.15, -0.1) is 0 Å². The van der Waals surface area contributed by atoms with Gasteiger partial charge in [-0.25, -0.2) is 0 Å². The van der Waals surface area contributed by atoms with Crippen LogP contribution in [0.2, 0.25) is 0 Å². The van der Waals surface area contributed by atoms with Gasteiger partial charge in [-0.2, -0.15) is 0 Å². The third-order valence-corrected chi connectivity index (χ3v) is 2.58. The second kappa shape index (κ2) is 3.78. The Labute approximate surface area is 91.2 Å². The lowest BCUT2D eigenvalue weighted by Gasteiger charge is -2.24. The van der Waals surface area contributed by atoms with E-state index in [1.54, 1.807) is 0 Å². The molecule has 1 aromatic carbocycles. The zero-order valence-corrected chi connectivity index (χ0v) is 9.04. The molecule has 0 saturated carbocycles. The van der Waals surface area contributed by atoms with Crippen molar-refractivity contribution >= 4 is 7.85 Å². The minimum Gasteiger partial charge on any atom is -0.454 e. The van der Waals surface area contributed by atoms with Gasteiger partial charge in [0.05, 0.1) is 7.85 Å². The molecule has 0 fully saturated rings. The van der Waals surface area contributed by atoms with Gasteiger partial charge in [-0.3, -0.25) is 0 Å². The van der Waals surface area contributed by atoms with E-state index in [0.717, 1.165) is 23.5 Å². The summed E-state index contributed by atoms with van der Waals surface area (Å²) in [6.07, 6.45) is 0.750. The molecule has 4 heteroatoms. The van der Waals surface area contributed by atoms with E-state index in [4.69, 9.17) is 17.3 Å². The fourth-order valence-electron chi connectivity index (χ4n) is 1.56. The van der Waals surface area contributed by atoms with E-state index in [-0.39, 0.29) is 0 Å². The van der Waals surface area contributed by atoms with Crippen LogP contribution in [0.3, 0.4) is 0 Å². The van der Waals surface area contributed by atoms with Crippen LogP contribution in [-0.4, -0.2) is 27.1 Å². The largest absolute Gasteiger partial charge is 0.454 e. The zero-order valence-electron chi connectivity index (χ0n) is 9.04. The summed E-state index contributed by atoms with van der Waals surface area (Å²) in [4.78, 5) is 0. The van der Waals surface area contributed by atoms with Crippen molar-refractivity contribution in [3.05, 3.63) is 23.8 Å². The van der Waals surface area contributed by atoms with Crippen LogP contribution < -0.4 is 14.8 Å². The molecule has 1 aliphatic heterocycles. The quantitative estimate of drug-likeness (QED) is 0.745.